The fourth-order valence-electron chi connectivity index (χ4n) is 1.87. The quantitative estimate of drug-likeness (QED) is 0.745. The Kier molecular flexibility index (Phi) is 4.84. The summed E-state index contributed by atoms with van der Waals surface area (Å²) < 4.78 is 0. The predicted octanol–water partition coefficient (Wildman–Crippen LogP) is 1.43. The Hall–Kier alpha value is -2.47. The van der Waals surface area contributed by atoms with Crippen LogP contribution < -0.4 is 11.1 Å². The molecule has 0 spiro atoms. The van der Waals surface area contributed by atoms with E-state index < -0.39 is 5.91 Å². The van der Waals surface area contributed by atoms with Crippen LogP contribution in [0, 0.1) is 0 Å². The molecular formula is C15H18N4O2. The molecule has 6 nitrogen and oxygen atoms in total. The average Bonchev–Trinajstić information content (AvgIpc) is 2.53. The lowest BCUT2D eigenvalue weighted by molar-refractivity contribution is 0.100. The molecule has 1 aromatic carbocycles. The summed E-state index contributed by atoms with van der Waals surface area (Å²) in [6.07, 6.45) is 4.04. The molecule has 110 valence electrons. The van der Waals surface area contributed by atoms with Crippen LogP contribution in [0.5, 0.6) is 0 Å². The minimum absolute atomic E-state index is 0.0374. The van der Waals surface area contributed by atoms with Crippen LogP contribution in [0.4, 0.5) is 5.82 Å². The van der Waals surface area contributed by atoms with E-state index in [1.165, 1.54) is 0 Å². The molecule has 0 aliphatic heterocycles. The molecule has 0 radical (unpaired) electrons. The molecule has 6 heteroatoms. The van der Waals surface area contributed by atoms with Gasteiger partial charge in [-0.3, -0.25) is 9.78 Å². The smallest absolute Gasteiger partial charge is 0.248 e. The van der Waals surface area contributed by atoms with Gasteiger partial charge >= 0.3 is 0 Å². The minimum atomic E-state index is -0.461. The normalized spacial score (nSPS) is 11.9. The molecule has 2 rings (SSSR count). The number of nitrogens with two attached hydrogens (primary N) is 1. The summed E-state index contributed by atoms with van der Waals surface area (Å²) in [5.41, 5.74) is 7.19. The van der Waals surface area contributed by atoms with Crippen LogP contribution in [-0.2, 0) is 0 Å². The van der Waals surface area contributed by atoms with Crippen molar-refractivity contribution in [1.29, 1.82) is 0 Å². The van der Waals surface area contributed by atoms with Gasteiger partial charge in [0.05, 0.1) is 30.7 Å². The van der Waals surface area contributed by atoms with Crippen molar-refractivity contribution in [3.05, 3.63) is 42.2 Å². The molecule has 2 aromatic rings. The number of benzene rings is 1. The summed E-state index contributed by atoms with van der Waals surface area (Å²) in [7, 11) is 0. The topological polar surface area (TPSA) is 101 Å². The van der Waals surface area contributed by atoms with E-state index in [4.69, 9.17) is 5.73 Å². The zero-order valence-electron chi connectivity index (χ0n) is 11.8. The molecule has 0 aliphatic rings. The van der Waals surface area contributed by atoms with Crippen LogP contribution in [0.2, 0.25) is 0 Å². The number of aromatic nitrogens is 2. The van der Waals surface area contributed by atoms with Gasteiger partial charge in [0, 0.05) is 11.1 Å². The van der Waals surface area contributed by atoms with E-state index in [-0.39, 0.29) is 12.6 Å². The second-order valence-corrected chi connectivity index (χ2v) is 4.66. The van der Waals surface area contributed by atoms with E-state index in [2.05, 4.69) is 15.3 Å². The van der Waals surface area contributed by atoms with Gasteiger partial charge in [0.2, 0.25) is 5.91 Å². The van der Waals surface area contributed by atoms with Gasteiger partial charge in [-0.05, 0) is 18.6 Å². The maximum Gasteiger partial charge on any atom is 0.248 e. The zero-order chi connectivity index (χ0) is 15.2. The third-order valence-electron chi connectivity index (χ3n) is 3.16. The fraction of sp³-hybridized carbons (Fsp3) is 0.267. The number of primary amides is 1. The molecule has 0 saturated carbocycles. The first-order chi connectivity index (χ1) is 10.1. The maximum absolute atomic E-state index is 11.1. The number of anilines is 1. The number of nitrogens with one attached hydrogen (secondary N) is 1. The first-order valence-electron chi connectivity index (χ1n) is 6.73. The molecule has 4 N–H and O–H groups in total. The monoisotopic (exact) mass is 286 g/mol. The van der Waals surface area contributed by atoms with Gasteiger partial charge in [-0.1, -0.05) is 19.1 Å². The molecule has 1 heterocycles. The van der Waals surface area contributed by atoms with Crippen LogP contribution in [0.15, 0.2) is 36.7 Å². The highest BCUT2D eigenvalue weighted by atomic mass is 16.3. The highest BCUT2D eigenvalue weighted by Gasteiger charge is 2.07. The van der Waals surface area contributed by atoms with E-state index in [1.54, 1.807) is 36.7 Å². The van der Waals surface area contributed by atoms with Crippen molar-refractivity contribution in [3.8, 4) is 11.3 Å². The molecule has 1 atom stereocenters. The maximum atomic E-state index is 11.1. The highest BCUT2D eigenvalue weighted by molar-refractivity contribution is 5.93. The van der Waals surface area contributed by atoms with Crippen LogP contribution in [-0.4, -0.2) is 33.6 Å². The molecule has 0 aliphatic carbocycles. The molecule has 0 saturated heterocycles. The van der Waals surface area contributed by atoms with Crippen LogP contribution >= 0.6 is 0 Å². The van der Waals surface area contributed by atoms with Crippen molar-refractivity contribution in [3.63, 3.8) is 0 Å². The number of nitrogens with zero attached hydrogens (tertiary/aromatic N) is 2. The Morgan fingerprint density at radius 2 is 2.05 bits per heavy atom. The Morgan fingerprint density at radius 1 is 1.33 bits per heavy atom. The molecule has 1 aromatic heterocycles. The van der Waals surface area contributed by atoms with Gasteiger partial charge in [-0.15, -0.1) is 0 Å². The third kappa shape index (κ3) is 3.76. The molecule has 0 bridgehead atoms. The van der Waals surface area contributed by atoms with E-state index in [0.29, 0.717) is 17.1 Å². The van der Waals surface area contributed by atoms with E-state index in [1.807, 2.05) is 6.92 Å². The van der Waals surface area contributed by atoms with Gasteiger partial charge in [0.15, 0.2) is 0 Å². The van der Waals surface area contributed by atoms with Crippen molar-refractivity contribution in [2.24, 2.45) is 5.73 Å². The second-order valence-electron chi connectivity index (χ2n) is 4.66. The summed E-state index contributed by atoms with van der Waals surface area (Å²) in [5.74, 6) is 0.143. The molecule has 0 fully saturated rings. The van der Waals surface area contributed by atoms with Crippen LogP contribution in [0.1, 0.15) is 23.7 Å². The number of hydrogen-bond donors (Lipinski definition) is 3. The summed E-state index contributed by atoms with van der Waals surface area (Å²) in [6, 6.07) is 6.81. The number of carbonyl (C=O) groups is 1. The lowest BCUT2D eigenvalue weighted by Crippen LogP contribution is -2.23. The number of aliphatic hydroxyl groups excluding tert-OH is 1. The Morgan fingerprint density at radius 3 is 2.62 bits per heavy atom. The number of aliphatic hydroxyl groups is 1. The Bertz CT molecular complexity index is 609. The standard InChI is InChI=1S/C15H18N4O2/c1-2-12(9-20)18-14-8-17-7-13(19-14)10-3-5-11(6-4-10)15(16)21/h3-8,12,20H,2,9H2,1H3,(H2,16,21)(H,18,19). The lowest BCUT2D eigenvalue weighted by atomic mass is 10.1. The number of rotatable bonds is 6. The molecule has 1 unspecified atom stereocenters. The van der Waals surface area contributed by atoms with Crippen molar-refractivity contribution >= 4 is 11.7 Å². The minimum Gasteiger partial charge on any atom is -0.394 e. The van der Waals surface area contributed by atoms with Crippen molar-refractivity contribution in [2.75, 3.05) is 11.9 Å². The second kappa shape index (κ2) is 6.81. The summed E-state index contributed by atoms with van der Waals surface area (Å²) in [4.78, 5) is 19.6. The van der Waals surface area contributed by atoms with Crippen molar-refractivity contribution in [1.82, 2.24) is 9.97 Å². The van der Waals surface area contributed by atoms with Gasteiger partial charge in [0.1, 0.15) is 5.82 Å². The molecule has 21 heavy (non-hydrogen) atoms. The van der Waals surface area contributed by atoms with E-state index in [9.17, 15) is 9.90 Å². The molecular weight excluding hydrogens is 268 g/mol. The van der Waals surface area contributed by atoms with Crippen LogP contribution in [0.25, 0.3) is 11.3 Å². The number of carbonyl (C=O) groups excluding carboxylic acids is 1. The Balaban J connectivity index is 2.22. The fourth-order valence-corrected chi connectivity index (χ4v) is 1.87. The summed E-state index contributed by atoms with van der Waals surface area (Å²) in [5, 5.41) is 12.3. The first-order valence-corrected chi connectivity index (χ1v) is 6.73. The van der Waals surface area contributed by atoms with Gasteiger partial charge in [-0.2, -0.15) is 0 Å². The number of hydrogen-bond acceptors (Lipinski definition) is 5. The van der Waals surface area contributed by atoms with E-state index in [0.717, 1.165) is 12.0 Å². The lowest BCUT2D eigenvalue weighted by Gasteiger charge is -2.14. The summed E-state index contributed by atoms with van der Waals surface area (Å²) >= 11 is 0. The van der Waals surface area contributed by atoms with Crippen molar-refractivity contribution in [2.45, 2.75) is 19.4 Å². The first kappa shape index (κ1) is 14.9. The molecule has 1 amide bonds. The average molecular weight is 286 g/mol. The van der Waals surface area contributed by atoms with Gasteiger partial charge < -0.3 is 16.2 Å². The van der Waals surface area contributed by atoms with Gasteiger partial charge in [0.25, 0.3) is 0 Å². The third-order valence-corrected chi connectivity index (χ3v) is 3.16. The largest absolute Gasteiger partial charge is 0.394 e. The predicted molar refractivity (Wildman–Crippen MR) is 80.8 cm³/mol. The summed E-state index contributed by atoms with van der Waals surface area (Å²) in [6.45, 7) is 2.02. The zero-order valence-corrected chi connectivity index (χ0v) is 11.8. The van der Waals surface area contributed by atoms with Gasteiger partial charge in [-0.25, -0.2) is 4.98 Å². The SMILES string of the molecule is CCC(CO)Nc1cncc(-c2ccc(C(N)=O)cc2)n1. The van der Waals surface area contributed by atoms with Crippen LogP contribution in [0.3, 0.4) is 0 Å². The van der Waals surface area contributed by atoms with E-state index >= 15 is 0 Å². The van der Waals surface area contributed by atoms with Crippen molar-refractivity contribution < 1.29 is 9.90 Å². The number of amides is 1. The Labute approximate surface area is 123 Å². The highest BCUT2D eigenvalue weighted by Crippen LogP contribution is 2.18.